The summed E-state index contributed by atoms with van der Waals surface area (Å²) >= 11 is 0. The number of rotatable bonds is 10. The van der Waals surface area contributed by atoms with Gasteiger partial charge < -0.3 is 14.6 Å². The third-order valence-electron chi connectivity index (χ3n) is 3.67. The zero-order valence-electron chi connectivity index (χ0n) is 15.3. The highest BCUT2D eigenvalue weighted by molar-refractivity contribution is 7.92. The van der Waals surface area contributed by atoms with Crippen LogP contribution in [0.25, 0.3) is 0 Å². The smallest absolute Gasteiger partial charge is 0.303 e. The minimum Gasteiger partial charge on any atom is -0.494 e. The van der Waals surface area contributed by atoms with E-state index in [0.29, 0.717) is 31.1 Å². The Labute approximate surface area is 159 Å². The number of hydrogen-bond donors (Lipinski definition) is 2. The molecule has 7 nitrogen and oxygen atoms in total. The Kier molecular flexibility index (Phi) is 7.06. The van der Waals surface area contributed by atoms with Gasteiger partial charge in [-0.1, -0.05) is 12.1 Å². The van der Waals surface area contributed by atoms with E-state index < -0.39 is 16.0 Å². The molecule has 0 atom stereocenters. The molecule has 0 aliphatic carbocycles. The van der Waals surface area contributed by atoms with Gasteiger partial charge in [-0.25, -0.2) is 8.42 Å². The molecule has 0 amide bonds. The summed E-state index contributed by atoms with van der Waals surface area (Å²) in [5, 5.41) is 8.73. The molecule has 146 valence electrons. The third kappa shape index (κ3) is 5.89. The van der Waals surface area contributed by atoms with E-state index in [1.807, 2.05) is 13.8 Å². The number of carboxylic acids is 1. The van der Waals surface area contributed by atoms with Crippen molar-refractivity contribution >= 4 is 21.7 Å². The highest BCUT2D eigenvalue weighted by Gasteiger charge is 2.17. The second-order valence-corrected chi connectivity index (χ2v) is 7.35. The average Bonchev–Trinajstić information content (AvgIpc) is 2.62. The lowest BCUT2D eigenvalue weighted by Crippen LogP contribution is -2.14. The lowest BCUT2D eigenvalue weighted by molar-refractivity contribution is -0.136. The number of carboxylic acid groups (broad SMARTS) is 1. The fourth-order valence-electron chi connectivity index (χ4n) is 2.42. The van der Waals surface area contributed by atoms with Crippen molar-refractivity contribution in [3.8, 4) is 11.5 Å². The van der Waals surface area contributed by atoms with Crippen LogP contribution < -0.4 is 14.2 Å². The molecule has 0 bridgehead atoms. The standard InChI is InChI=1S/C19H23NO6S/c1-3-25-15-8-11-18(26-4-2)17(13-15)20-27(23,24)16-9-5-14(6-10-16)7-12-19(21)22/h5-6,8-11,13,20H,3-4,7,12H2,1-2H3,(H,21,22). The Morgan fingerprint density at radius 3 is 2.30 bits per heavy atom. The average molecular weight is 393 g/mol. The number of aryl methyl sites for hydroxylation is 1. The van der Waals surface area contributed by atoms with Crippen molar-refractivity contribution in [2.75, 3.05) is 17.9 Å². The zero-order valence-corrected chi connectivity index (χ0v) is 16.1. The molecule has 0 fully saturated rings. The van der Waals surface area contributed by atoms with Gasteiger partial charge in [0.05, 0.1) is 23.8 Å². The predicted octanol–water partition coefficient (Wildman–Crippen LogP) is 3.30. The van der Waals surface area contributed by atoms with E-state index in [-0.39, 0.29) is 17.0 Å². The number of ether oxygens (including phenoxy) is 2. The molecular weight excluding hydrogens is 370 g/mol. The van der Waals surface area contributed by atoms with E-state index in [2.05, 4.69) is 4.72 Å². The van der Waals surface area contributed by atoms with Crippen LogP contribution in [0, 0.1) is 0 Å². The molecule has 2 aromatic rings. The highest BCUT2D eigenvalue weighted by Crippen LogP contribution is 2.31. The molecule has 0 spiro atoms. The molecule has 2 aromatic carbocycles. The number of aliphatic carboxylic acids is 1. The maximum Gasteiger partial charge on any atom is 0.303 e. The van der Waals surface area contributed by atoms with E-state index in [1.54, 1.807) is 30.3 Å². The number of nitrogens with one attached hydrogen (secondary N) is 1. The van der Waals surface area contributed by atoms with E-state index in [9.17, 15) is 13.2 Å². The van der Waals surface area contributed by atoms with Crippen LogP contribution in [-0.2, 0) is 21.2 Å². The topological polar surface area (TPSA) is 102 Å². The largest absolute Gasteiger partial charge is 0.494 e. The first-order valence-electron chi connectivity index (χ1n) is 8.59. The lowest BCUT2D eigenvalue weighted by Gasteiger charge is -2.15. The molecule has 0 aromatic heterocycles. The lowest BCUT2D eigenvalue weighted by atomic mass is 10.1. The van der Waals surface area contributed by atoms with Gasteiger partial charge in [0.15, 0.2) is 0 Å². The highest BCUT2D eigenvalue weighted by atomic mass is 32.2. The molecule has 0 heterocycles. The van der Waals surface area contributed by atoms with E-state index in [1.165, 1.54) is 12.1 Å². The number of anilines is 1. The van der Waals surface area contributed by atoms with Crippen molar-refractivity contribution in [3.05, 3.63) is 48.0 Å². The second kappa shape index (κ2) is 9.27. The third-order valence-corrected chi connectivity index (χ3v) is 5.05. The maximum absolute atomic E-state index is 12.7. The van der Waals surface area contributed by atoms with Crippen molar-refractivity contribution in [3.63, 3.8) is 0 Å². The number of hydrogen-bond acceptors (Lipinski definition) is 5. The second-order valence-electron chi connectivity index (χ2n) is 5.67. The van der Waals surface area contributed by atoms with Crippen LogP contribution in [0.5, 0.6) is 11.5 Å². The van der Waals surface area contributed by atoms with Crippen molar-refractivity contribution in [2.24, 2.45) is 0 Å². The Morgan fingerprint density at radius 1 is 1.04 bits per heavy atom. The molecule has 8 heteroatoms. The molecule has 0 unspecified atom stereocenters. The van der Waals surface area contributed by atoms with Crippen LogP contribution in [0.1, 0.15) is 25.8 Å². The van der Waals surface area contributed by atoms with Gasteiger partial charge in [0.2, 0.25) is 0 Å². The van der Waals surface area contributed by atoms with Crippen molar-refractivity contribution in [2.45, 2.75) is 31.6 Å². The van der Waals surface area contributed by atoms with Crippen molar-refractivity contribution in [1.29, 1.82) is 0 Å². The minimum absolute atomic E-state index is 0.00765. The van der Waals surface area contributed by atoms with Crippen molar-refractivity contribution in [1.82, 2.24) is 0 Å². The molecule has 0 radical (unpaired) electrons. The molecule has 0 saturated heterocycles. The van der Waals surface area contributed by atoms with E-state index >= 15 is 0 Å². The first kappa shape index (κ1) is 20.6. The zero-order chi connectivity index (χ0) is 19.9. The number of sulfonamides is 1. The summed E-state index contributed by atoms with van der Waals surface area (Å²) in [4.78, 5) is 10.7. The molecule has 2 rings (SSSR count). The van der Waals surface area contributed by atoms with E-state index in [0.717, 1.165) is 5.56 Å². The molecule has 27 heavy (non-hydrogen) atoms. The van der Waals surface area contributed by atoms with Crippen LogP contribution in [0.2, 0.25) is 0 Å². The number of carbonyl (C=O) groups is 1. The summed E-state index contributed by atoms with van der Waals surface area (Å²) in [6.45, 7) is 4.50. The van der Waals surface area contributed by atoms with Gasteiger partial charge in [-0.2, -0.15) is 0 Å². The molecule has 2 N–H and O–H groups in total. The Bertz CT molecular complexity index is 878. The van der Waals surface area contributed by atoms with Crippen LogP contribution in [-0.4, -0.2) is 32.7 Å². The Morgan fingerprint density at radius 2 is 1.70 bits per heavy atom. The van der Waals surface area contributed by atoms with Crippen LogP contribution in [0.3, 0.4) is 0 Å². The summed E-state index contributed by atoms with van der Waals surface area (Å²) < 4.78 is 38.8. The molecule has 0 saturated carbocycles. The van der Waals surface area contributed by atoms with Gasteiger partial charge >= 0.3 is 5.97 Å². The first-order valence-corrected chi connectivity index (χ1v) is 10.1. The van der Waals surface area contributed by atoms with Crippen LogP contribution in [0.4, 0.5) is 5.69 Å². The molecule has 0 aliphatic heterocycles. The Hall–Kier alpha value is -2.74. The van der Waals surface area contributed by atoms with Crippen LogP contribution in [0.15, 0.2) is 47.4 Å². The predicted molar refractivity (Wildman–Crippen MR) is 102 cm³/mol. The number of benzene rings is 2. The monoisotopic (exact) mass is 393 g/mol. The SMILES string of the molecule is CCOc1ccc(OCC)c(NS(=O)(=O)c2ccc(CCC(=O)O)cc2)c1. The summed E-state index contributed by atoms with van der Waals surface area (Å²) in [6, 6.07) is 11.1. The maximum atomic E-state index is 12.7. The fourth-order valence-corrected chi connectivity index (χ4v) is 3.48. The minimum atomic E-state index is -3.84. The van der Waals surface area contributed by atoms with Gasteiger partial charge in [0, 0.05) is 12.5 Å². The van der Waals surface area contributed by atoms with Gasteiger partial charge in [-0.05, 0) is 50.1 Å². The van der Waals surface area contributed by atoms with Gasteiger partial charge in [0.1, 0.15) is 11.5 Å². The Balaban J connectivity index is 2.24. The fraction of sp³-hybridized carbons (Fsp3) is 0.316. The van der Waals surface area contributed by atoms with Gasteiger partial charge in [-0.15, -0.1) is 0 Å². The van der Waals surface area contributed by atoms with Crippen molar-refractivity contribution < 1.29 is 27.8 Å². The molecular formula is C19H23NO6S. The normalized spacial score (nSPS) is 11.0. The summed E-state index contributed by atoms with van der Waals surface area (Å²) in [7, 11) is -3.84. The molecule has 0 aliphatic rings. The van der Waals surface area contributed by atoms with E-state index in [4.69, 9.17) is 14.6 Å². The summed E-state index contributed by atoms with van der Waals surface area (Å²) in [5.74, 6) is 0.0382. The van der Waals surface area contributed by atoms with Crippen LogP contribution >= 0.6 is 0 Å². The first-order chi connectivity index (χ1) is 12.9. The quantitative estimate of drug-likeness (QED) is 0.642. The van der Waals surface area contributed by atoms with Gasteiger partial charge in [0.25, 0.3) is 10.0 Å². The van der Waals surface area contributed by atoms with Gasteiger partial charge in [-0.3, -0.25) is 9.52 Å². The summed E-state index contributed by atoms with van der Waals surface area (Å²) in [5.41, 5.74) is 1.04. The summed E-state index contributed by atoms with van der Waals surface area (Å²) in [6.07, 6.45) is 0.334.